The molecule has 2 aromatic rings. The summed E-state index contributed by atoms with van der Waals surface area (Å²) in [5.74, 6) is -0.0414. The van der Waals surface area contributed by atoms with E-state index in [4.69, 9.17) is 9.47 Å². The maximum atomic E-state index is 13.3. The zero-order valence-electron chi connectivity index (χ0n) is 21.1. The number of likely N-dealkylation sites (N-methyl/N-ethyl adjacent to an activating group) is 1. The number of carbonyl (C=O) groups excluding carboxylic acids is 3. The molecule has 1 heterocycles. The first-order valence-corrected chi connectivity index (χ1v) is 11.9. The molecule has 0 saturated heterocycles. The Morgan fingerprint density at radius 2 is 1.83 bits per heavy atom. The van der Waals surface area contributed by atoms with Crippen LogP contribution in [-0.4, -0.2) is 73.5 Å². The van der Waals surface area contributed by atoms with E-state index in [0.717, 1.165) is 5.56 Å². The van der Waals surface area contributed by atoms with Crippen LogP contribution in [0.25, 0.3) is 0 Å². The summed E-state index contributed by atoms with van der Waals surface area (Å²) in [6, 6.07) is 14.3. The zero-order chi connectivity index (χ0) is 25.5. The van der Waals surface area contributed by atoms with Gasteiger partial charge in [0.2, 0.25) is 11.8 Å². The highest BCUT2D eigenvalue weighted by atomic mass is 16.5. The van der Waals surface area contributed by atoms with Crippen molar-refractivity contribution in [2.75, 3.05) is 39.2 Å². The Balaban J connectivity index is 1.88. The maximum Gasteiger partial charge on any atom is 0.257 e. The summed E-state index contributed by atoms with van der Waals surface area (Å²) in [5, 5.41) is 2.88. The van der Waals surface area contributed by atoms with Crippen LogP contribution in [-0.2, 0) is 20.7 Å². The summed E-state index contributed by atoms with van der Waals surface area (Å²) in [5.41, 5.74) is 1.83. The van der Waals surface area contributed by atoms with E-state index >= 15 is 0 Å². The van der Waals surface area contributed by atoms with Crippen LogP contribution in [0.1, 0.15) is 36.7 Å². The molecule has 0 unspecified atom stereocenters. The Hall–Kier alpha value is -3.39. The number of amides is 3. The fourth-order valence-electron chi connectivity index (χ4n) is 4.27. The second-order valence-corrected chi connectivity index (χ2v) is 9.19. The van der Waals surface area contributed by atoms with Crippen LogP contribution in [0.15, 0.2) is 48.5 Å². The van der Waals surface area contributed by atoms with Gasteiger partial charge in [0, 0.05) is 51.8 Å². The van der Waals surface area contributed by atoms with Crippen molar-refractivity contribution in [3.63, 3.8) is 0 Å². The van der Waals surface area contributed by atoms with Crippen LogP contribution < -0.4 is 10.1 Å². The van der Waals surface area contributed by atoms with Crippen molar-refractivity contribution in [2.45, 2.75) is 39.3 Å². The summed E-state index contributed by atoms with van der Waals surface area (Å²) in [7, 11) is 3.34. The minimum absolute atomic E-state index is 0.0164. The van der Waals surface area contributed by atoms with Crippen molar-refractivity contribution >= 4 is 23.4 Å². The number of ether oxygens (including phenoxy) is 2. The largest absolute Gasteiger partial charge is 0.491 e. The van der Waals surface area contributed by atoms with E-state index in [9.17, 15) is 14.4 Å². The maximum absolute atomic E-state index is 13.3. The lowest BCUT2D eigenvalue weighted by atomic mass is 10.0. The molecule has 1 aliphatic rings. The fraction of sp³-hybridized carbons (Fsp3) is 0.444. The first-order chi connectivity index (χ1) is 16.7. The molecule has 3 amide bonds. The number of benzene rings is 2. The predicted molar refractivity (Wildman–Crippen MR) is 134 cm³/mol. The second-order valence-electron chi connectivity index (χ2n) is 9.19. The third-order valence-corrected chi connectivity index (χ3v) is 6.34. The van der Waals surface area contributed by atoms with Gasteiger partial charge in [-0.2, -0.15) is 0 Å². The molecule has 2 aromatic carbocycles. The Labute approximate surface area is 207 Å². The number of fused-ring (bicyclic) bond motifs is 1. The summed E-state index contributed by atoms with van der Waals surface area (Å²) < 4.78 is 11.8. The lowest BCUT2D eigenvalue weighted by molar-refractivity contribution is -0.133. The molecule has 8 heteroatoms. The van der Waals surface area contributed by atoms with Crippen molar-refractivity contribution in [1.82, 2.24) is 9.80 Å². The van der Waals surface area contributed by atoms with Gasteiger partial charge in [-0.3, -0.25) is 14.4 Å². The standard InChI is InChI=1S/C27H35N3O5/c1-18-15-30(20(3)31)19(2)17-35-24-14-22(28-26(32)13-21-9-7-6-8-10-21)11-12-23(24)27(33)29(4)16-25(18)34-5/h6-12,14,18-19,25H,13,15-17H2,1-5H3,(H,28,32)/t18-,19-,25+/m0/s1. The number of methoxy groups -OCH3 is 1. The molecular weight excluding hydrogens is 446 g/mol. The predicted octanol–water partition coefficient (Wildman–Crippen LogP) is 3.22. The van der Waals surface area contributed by atoms with Crippen molar-refractivity contribution in [1.29, 1.82) is 0 Å². The van der Waals surface area contributed by atoms with Gasteiger partial charge >= 0.3 is 0 Å². The molecule has 3 atom stereocenters. The molecular formula is C27H35N3O5. The average molecular weight is 482 g/mol. The van der Waals surface area contributed by atoms with Gasteiger partial charge in [0.05, 0.1) is 24.1 Å². The van der Waals surface area contributed by atoms with E-state index in [2.05, 4.69) is 5.32 Å². The van der Waals surface area contributed by atoms with Gasteiger partial charge in [-0.1, -0.05) is 37.3 Å². The summed E-state index contributed by atoms with van der Waals surface area (Å²) in [6.45, 7) is 6.53. The van der Waals surface area contributed by atoms with Gasteiger partial charge < -0.3 is 24.6 Å². The third-order valence-electron chi connectivity index (χ3n) is 6.34. The number of rotatable bonds is 4. The van der Waals surface area contributed by atoms with E-state index in [-0.39, 0.29) is 48.8 Å². The van der Waals surface area contributed by atoms with E-state index in [1.54, 1.807) is 49.1 Å². The van der Waals surface area contributed by atoms with Crippen molar-refractivity contribution in [3.8, 4) is 5.75 Å². The van der Waals surface area contributed by atoms with E-state index in [0.29, 0.717) is 30.1 Å². The Morgan fingerprint density at radius 3 is 2.49 bits per heavy atom. The molecule has 0 aromatic heterocycles. The van der Waals surface area contributed by atoms with Crippen molar-refractivity contribution in [2.24, 2.45) is 5.92 Å². The highest BCUT2D eigenvalue weighted by Gasteiger charge is 2.29. The first kappa shape index (κ1) is 26.2. The van der Waals surface area contributed by atoms with Gasteiger partial charge in [-0.25, -0.2) is 0 Å². The molecule has 0 bridgehead atoms. The number of hydrogen-bond donors (Lipinski definition) is 1. The van der Waals surface area contributed by atoms with Gasteiger partial charge in [0.15, 0.2) is 0 Å². The number of anilines is 1. The first-order valence-electron chi connectivity index (χ1n) is 11.9. The fourth-order valence-corrected chi connectivity index (χ4v) is 4.27. The molecule has 3 rings (SSSR count). The van der Waals surface area contributed by atoms with Crippen LogP contribution in [0.5, 0.6) is 5.75 Å². The lowest BCUT2D eigenvalue weighted by Gasteiger charge is -2.35. The Kier molecular flexibility index (Phi) is 8.87. The molecule has 0 aliphatic carbocycles. The van der Waals surface area contributed by atoms with E-state index < -0.39 is 0 Å². The minimum atomic E-state index is -0.238. The highest BCUT2D eigenvalue weighted by Crippen LogP contribution is 2.27. The normalized spacial score (nSPS) is 21.3. The quantitative estimate of drug-likeness (QED) is 0.725. The van der Waals surface area contributed by atoms with Crippen LogP contribution in [0.3, 0.4) is 0 Å². The molecule has 0 spiro atoms. The minimum Gasteiger partial charge on any atom is -0.491 e. The summed E-state index contributed by atoms with van der Waals surface area (Å²) in [6.07, 6.45) is 0.0000990. The molecule has 8 nitrogen and oxygen atoms in total. The molecule has 0 radical (unpaired) electrons. The Morgan fingerprint density at radius 1 is 1.11 bits per heavy atom. The summed E-state index contributed by atoms with van der Waals surface area (Å²) in [4.78, 5) is 41.6. The average Bonchev–Trinajstić information content (AvgIpc) is 2.83. The topological polar surface area (TPSA) is 88.2 Å². The number of nitrogens with one attached hydrogen (secondary N) is 1. The van der Waals surface area contributed by atoms with E-state index in [1.807, 2.05) is 44.2 Å². The van der Waals surface area contributed by atoms with Gasteiger partial charge in [-0.15, -0.1) is 0 Å². The van der Waals surface area contributed by atoms with Crippen LogP contribution in [0.4, 0.5) is 5.69 Å². The number of hydrogen-bond acceptors (Lipinski definition) is 5. The van der Waals surface area contributed by atoms with Gasteiger partial charge in [0.25, 0.3) is 5.91 Å². The molecule has 0 saturated carbocycles. The molecule has 0 fully saturated rings. The summed E-state index contributed by atoms with van der Waals surface area (Å²) >= 11 is 0. The SMILES string of the molecule is CO[C@@H]1CN(C)C(=O)c2ccc(NC(=O)Cc3ccccc3)cc2OC[C@H](C)N(C(C)=O)C[C@@H]1C. The van der Waals surface area contributed by atoms with Crippen molar-refractivity contribution in [3.05, 3.63) is 59.7 Å². The molecule has 35 heavy (non-hydrogen) atoms. The molecule has 1 aliphatic heterocycles. The smallest absolute Gasteiger partial charge is 0.257 e. The monoisotopic (exact) mass is 481 g/mol. The van der Waals surface area contributed by atoms with Crippen molar-refractivity contribution < 1.29 is 23.9 Å². The zero-order valence-corrected chi connectivity index (χ0v) is 21.1. The number of nitrogens with zero attached hydrogens (tertiary/aromatic N) is 2. The van der Waals surface area contributed by atoms with Gasteiger partial charge in [-0.05, 0) is 24.6 Å². The van der Waals surface area contributed by atoms with Crippen LogP contribution in [0, 0.1) is 5.92 Å². The third kappa shape index (κ3) is 6.82. The number of carbonyl (C=O) groups is 3. The highest BCUT2D eigenvalue weighted by molar-refractivity contribution is 5.98. The molecule has 188 valence electrons. The van der Waals surface area contributed by atoms with Crippen LogP contribution >= 0.6 is 0 Å². The van der Waals surface area contributed by atoms with Crippen LogP contribution in [0.2, 0.25) is 0 Å². The Bertz CT molecular complexity index is 1040. The lowest BCUT2D eigenvalue weighted by Crippen LogP contribution is -2.48. The molecule has 1 N–H and O–H groups in total. The van der Waals surface area contributed by atoms with Gasteiger partial charge in [0.1, 0.15) is 12.4 Å². The second kappa shape index (κ2) is 11.8. The van der Waals surface area contributed by atoms with E-state index in [1.165, 1.54) is 0 Å².